The molecular formula is C29H42NO2. The van der Waals surface area contributed by atoms with Gasteiger partial charge in [0.25, 0.3) is 0 Å². The molecule has 1 radical (unpaired) electrons. The monoisotopic (exact) mass is 436 g/mol. The Hall–Kier alpha value is -2.16. The Bertz CT molecular complexity index is 844. The van der Waals surface area contributed by atoms with Crippen LogP contribution in [0.25, 0.3) is 0 Å². The molecule has 0 spiro atoms. The number of ether oxygens (including phenoxy) is 2. The zero-order valence-corrected chi connectivity index (χ0v) is 20.8. The molecule has 1 atom stereocenters. The van der Waals surface area contributed by atoms with E-state index in [1.807, 2.05) is 0 Å². The van der Waals surface area contributed by atoms with Crippen molar-refractivity contribution in [2.75, 3.05) is 31.7 Å². The number of piperidine rings is 1. The summed E-state index contributed by atoms with van der Waals surface area (Å²) >= 11 is 0. The minimum atomic E-state index is 0.280. The molecule has 1 aliphatic rings. The van der Waals surface area contributed by atoms with Crippen LogP contribution in [0.3, 0.4) is 0 Å². The number of rotatable bonds is 9. The van der Waals surface area contributed by atoms with Gasteiger partial charge >= 0.3 is 0 Å². The normalized spacial score (nSPS) is 15.3. The lowest BCUT2D eigenvalue weighted by atomic mass is 9.88. The maximum absolute atomic E-state index is 6.16. The fourth-order valence-electron chi connectivity index (χ4n) is 4.45. The second-order valence-electron chi connectivity index (χ2n) is 10.6. The van der Waals surface area contributed by atoms with E-state index in [2.05, 4.69) is 82.0 Å². The molecule has 1 saturated heterocycles. The maximum Gasteiger partial charge on any atom is 0.120 e. The van der Waals surface area contributed by atoms with E-state index in [9.17, 15) is 0 Å². The lowest BCUT2D eigenvalue weighted by Crippen LogP contribution is -2.36. The molecule has 175 valence electrons. The largest absolute Gasteiger partial charge is 0.497 e. The van der Waals surface area contributed by atoms with E-state index in [0.29, 0.717) is 11.3 Å². The molecule has 0 aliphatic carbocycles. The van der Waals surface area contributed by atoms with Crippen LogP contribution in [0.4, 0.5) is 5.69 Å². The van der Waals surface area contributed by atoms with E-state index in [4.69, 9.17) is 9.47 Å². The van der Waals surface area contributed by atoms with Gasteiger partial charge in [0.15, 0.2) is 0 Å². The summed E-state index contributed by atoms with van der Waals surface area (Å²) in [6, 6.07) is 15.0. The first-order chi connectivity index (χ1) is 15.2. The van der Waals surface area contributed by atoms with E-state index < -0.39 is 0 Å². The predicted octanol–water partition coefficient (Wildman–Crippen LogP) is 7.30. The van der Waals surface area contributed by atoms with E-state index in [0.717, 1.165) is 50.5 Å². The van der Waals surface area contributed by atoms with Crippen LogP contribution in [-0.4, -0.2) is 26.8 Å². The minimum absolute atomic E-state index is 0.280. The molecule has 0 unspecified atom stereocenters. The van der Waals surface area contributed by atoms with Crippen molar-refractivity contribution in [2.45, 2.75) is 65.7 Å². The van der Waals surface area contributed by atoms with E-state index in [1.165, 1.54) is 29.7 Å². The summed E-state index contributed by atoms with van der Waals surface area (Å²) in [5.74, 6) is 2.79. The van der Waals surface area contributed by atoms with Crippen molar-refractivity contribution in [3.05, 3.63) is 60.5 Å². The Morgan fingerprint density at radius 1 is 1.06 bits per heavy atom. The number of hydrogen-bond acceptors (Lipinski definition) is 3. The molecule has 1 heterocycles. The fraction of sp³-hybridized carbons (Fsp3) is 0.552. The summed E-state index contributed by atoms with van der Waals surface area (Å²) in [7, 11) is 1.76. The first-order valence-electron chi connectivity index (χ1n) is 12.2. The number of hydrogen-bond donors (Lipinski definition) is 0. The quantitative estimate of drug-likeness (QED) is 0.412. The Balaban J connectivity index is 1.57. The van der Waals surface area contributed by atoms with Crippen LogP contribution >= 0.6 is 0 Å². The summed E-state index contributed by atoms with van der Waals surface area (Å²) in [5, 5.41) is 0. The molecule has 3 nitrogen and oxygen atoms in total. The van der Waals surface area contributed by atoms with Crippen molar-refractivity contribution in [2.24, 2.45) is 11.3 Å². The summed E-state index contributed by atoms with van der Waals surface area (Å²) in [4.78, 5) is 2.55. The Kier molecular flexibility index (Phi) is 8.51. The van der Waals surface area contributed by atoms with Crippen molar-refractivity contribution in [3.63, 3.8) is 0 Å². The molecule has 0 bridgehead atoms. The third-order valence-electron chi connectivity index (χ3n) is 6.53. The van der Waals surface area contributed by atoms with E-state index in [-0.39, 0.29) is 5.92 Å². The van der Waals surface area contributed by atoms with Gasteiger partial charge in [0.05, 0.1) is 13.7 Å². The Labute approximate surface area is 196 Å². The zero-order valence-electron chi connectivity index (χ0n) is 20.8. The molecular weight excluding hydrogens is 394 g/mol. The third-order valence-corrected chi connectivity index (χ3v) is 6.53. The van der Waals surface area contributed by atoms with Gasteiger partial charge in [0, 0.05) is 24.8 Å². The lowest BCUT2D eigenvalue weighted by molar-refractivity contribution is 0.222. The standard InChI is InChI=1S/C29H42NO2/c1-22(2)25-9-7-11-27(19-25)32-21-23-14-17-30(18-15-23)28-20-26(31-6)13-12-24(28)10-8-16-29(3,4)5/h7,9,11-13,19-20,22-23H,1,8,10,14-18,21H2,2-6H3/t22-/m0/s1. The Morgan fingerprint density at radius 3 is 2.47 bits per heavy atom. The first kappa shape index (κ1) is 24.5. The molecule has 2 aromatic rings. The van der Waals surface area contributed by atoms with Crippen LogP contribution in [0.1, 0.15) is 70.4 Å². The molecule has 1 aliphatic heterocycles. The second kappa shape index (κ2) is 11.1. The lowest BCUT2D eigenvalue weighted by Gasteiger charge is -2.35. The smallest absolute Gasteiger partial charge is 0.120 e. The van der Waals surface area contributed by atoms with E-state index in [1.54, 1.807) is 7.11 Å². The highest BCUT2D eigenvalue weighted by Crippen LogP contribution is 2.32. The predicted molar refractivity (Wildman–Crippen MR) is 136 cm³/mol. The second-order valence-corrected chi connectivity index (χ2v) is 10.6. The van der Waals surface area contributed by atoms with Crippen LogP contribution in [0, 0.1) is 18.3 Å². The van der Waals surface area contributed by atoms with Gasteiger partial charge in [-0.2, -0.15) is 0 Å². The highest BCUT2D eigenvalue weighted by Gasteiger charge is 2.22. The summed E-state index contributed by atoms with van der Waals surface area (Å²) in [5.41, 5.74) is 4.42. The molecule has 2 aromatic carbocycles. The van der Waals surface area contributed by atoms with Gasteiger partial charge in [-0.1, -0.05) is 45.9 Å². The van der Waals surface area contributed by atoms with Crippen LogP contribution in [0.5, 0.6) is 11.5 Å². The fourth-order valence-corrected chi connectivity index (χ4v) is 4.45. The van der Waals surface area contributed by atoms with Gasteiger partial charge < -0.3 is 14.4 Å². The van der Waals surface area contributed by atoms with Gasteiger partial charge in [0.2, 0.25) is 0 Å². The number of anilines is 1. The van der Waals surface area contributed by atoms with Crippen LogP contribution in [-0.2, 0) is 6.42 Å². The molecule has 0 N–H and O–H groups in total. The number of methoxy groups -OCH3 is 1. The Morgan fingerprint density at radius 2 is 1.81 bits per heavy atom. The van der Waals surface area contributed by atoms with E-state index >= 15 is 0 Å². The summed E-state index contributed by atoms with van der Waals surface area (Å²) in [6.45, 7) is 16.1. The number of aryl methyl sites for hydroxylation is 1. The van der Waals surface area contributed by atoms with Crippen LogP contribution < -0.4 is 14.4 Å². The first-order valence-corrected chi connectivity index (χ1v) is 12.2. The summed E-state index contributed by atoms with van der Waals surface area (Å²) in [6.07, 6.45) is 5.90. The molecule has 3 heteroatoms. The molecule has 0 aromatic heterocycles. The zero-order chi connectivity index (χ0) is 23.1. The number of nitrogens with zero attached hydrogens (tertiary/aromatic N) is 1. The van der Waals surface area contributed by atoms with Crippen LogP contribution in [0.2, 0.25) is 0 Å². The molecule has 32 heavy (non-hydrogen) atoms. The van der Waals surface area contributed by atoms with Gasteiger partial charge in [-0.15, -0.1) is 0 Å². The highest BCUT2D eigenvalue weighted by molar-refractivity contribution is 5.57. The third kappa shape index (κ3) is 7.18. The van der Waals surface area contributed by atoms with Crippen molar-refractivity contribution in [1.82, 2.24) is 0 Å². The topological polar surface area (TPSA) is 21.7 Å². The average Bonchev–Trinajstić information content (AvgIpc) is 2.77. The van der Waals surface area contributed by atoms with Gasteiger partial charge in [0.1, 0.15) is 11.5 Å². The van der Waals surface area contributed by atoms with Crippen molar-refractivity contribution >= 4 is 5.69 Å². The SMILES string of the molecule is [CH2][C@@H](C)c1cccc(OCC2CCN(c3cc(OC)ccc3CCCC(C)(C)C)CC2)c1. The highest BCUT2D eigenvalue weighted by atomic mass is 16.5. The van der Waals surface area contributed by atoms with Crippen molar-refractivity contribution < 1.29 is 9.47 Å². The van der Waals surface area contributed by atoms with Crippen LogP contribution in [0.15, 0.2) is 42.5 Å². The molecule has 1 fully saturated rings. The van der Waals surface area contributed by atoms with Crippen molar-refractivity contribution in [1.29, 1.82) is 0 Å². The van der Waals surface area contributed by atoms with Crippen molar-refractivity contribution in [3.8, 4) is 11.5 Å². The molecule has 3 rings (SSSR count). The van der Waals surface area contributed by atoms with Gasteiger partial charge in [-0.3, -0.25) is 0 Å². The molecule has 0 amide bonds. The number of benzene rings is 2. The summed E-state index contributed by atoms with van der Waals surface area (Å²) < 4.78 is 11.7. The van der Waals surface area contributed by atoms with Gasteiger partial charge in [-0.25, -0.2) is 0 Å². The average molecular weight is 437 g/mol. The maximum atomic E-state index is 6.16. The minimum Gasteiger partial charge on any atom is -0.497 e. The molecule has 0 saturated carbocycles. The van der Waals surface area contributed by atoms with Gasteiger partial charge in [-0.05, 0) is 85.6 Å².